The summed E-state index contributed by atoms with van der Waals surface area (Å²) in [6.07, 6.45) is 8.72. The van der Waals surface area contributed by atoms with Crippen molar-refractivity contribution in [1.29, 1.82) is 0 Å². The molecule has 0 saturated heterocycles. The van der Waals surface area contributed by atoms with Crippen molar-refractivity contribution in [3.63, 3.8) is 0 Å². The summed E-state index contributed by atoms with van der Waals surface area (Å²) in [7, 11) is 0. The molecule has 6 atom stereocenters. The average Bonchev–Trinajstić information content (AvgIpc) is 2.87. The van der Waals surface area contributed by atoms with E-state index < -0.39 is 23.4 Å². The number of carbonyl (C=O) groups is 2. The molecular formula is C21H30O4. The van der Waals surface area contributed by atoms with Gasteiger partial charge in [-0.25, -0.2) is 0 Å². The molecule has 0 aromatic carbocycles. The Morgan fingerprint density at radius 1 is 1.12 bits per heavy atom. The van der Waals surface area contributed by atoms with E-state index in [1.54, 1.807) is 0 Å². The van der Waals surface area contributed by atoms with Crippen LogP contribution in [-0.4, -0.2) is 34.0 Å². The highest BCUT2D eigenvalue weighted by molar-refractivity contribution is 5.91. The van der Waals surface area contributed by atoms with E-state index in [9.17, 15) is 19.8 Å². The second-order valence-corrected chi connectivity index (χ2v) is 9.41. The van der Waals surface area contributed by atoms with Gasteiger partial charge in [0.2, 0.25) is 0 Å². The largest absolute Gasteiger partial charge is 0.388 e. The molecule has 25 heavy (non-hydrogen) atoms. The minimum atomic E-state index is -1.36. The number of carbonyl (C=O) groups excluding carboxylic acids is 2. The van der Waals surface area contributed by atoms with E-state index in [-0.39, 0.29) is 11.2 Å². The van der Waals surface area contributed by atoms with Crippen molar-refractivity contribution < 1.29 is 19.8 Å². The van der Waals surface area contributed by atoms with Crippen LogP contribution >= 0.6 is 0 Å². The predicted molar refractivity (Wildman–Crippen MR) is 93.8 cm³/mol. The molecule has 0 amide bonds. The summed E-state index contributed by atoms with van der Waals surface area (Å²) in [6.45, 7) is 3.84. The molecule has 3 saturated carbocycles. The van der Waals surface area contributed by atoms with Gasteiger partial charge in [0.15, 0.2) is 11.6 Å². The second kappa shape index (κ2) is 5.50. The maximum Gasteiger partial charge on any atom is 0.190 e. The number of hydrogen-bond acceptors (Lipinski definition) is 4. The van der Waals surface area contributed by atoms with Gasteiger partial charge in [-0.05, 0) is 74.2 Å². The van der Waals surface area contributed by atoms with Gasteiger partial charge in [-0.1, -0.05) is 19.4 Å². The standard InChI is InChI=1S/C21H30O4/c1-19-8-5-14(23)11-13(19)3-4-15-16(19)6-9-20(2)17(15)7-10-21(20,25)18(24)12-22/h11,15-17,22,25H,3-10,12H2,1-2H3/t15-,16+,17+,19-,20-,21+/m0/s1. The van der Waals surface area contributed by atoms with Gasteiger partial charge in [0.25, 0.3) is 0 Å². The van der Waals surface area contributed by atoms with Crippen LogP contribution in [0.3, 0.4) is 0 Å². The van der Waals surface area contributed by atoms with Crippen LogP contribution in [0.15, 0.2) is 11.6 Å². The Labute approximate surface area is 149 Å². The fraction of sp³-hybridized carbons (Fsp3) is 0.810. The van der Waals surface area contributed by atoms with E-state index >= 15 is 0 Å². The van der Waals surface area contributed by atoms with Crippen LogP contribution in [0.25, 0.3) is 0 Å². The van der Waals surface area contributed by atoms with Crippen molar-refractivity contribution in [2.45, 2.75) is 70.8 Å². The number of aliphatic hydroxyl groups is 2. The Morgan fingerprint density at radius 3 is 2.56 bits per heavy atom. The minimum absolute atomic E-state index is 0.111. The fourth-order valence-corrected chi connectivity index (χ4v) is 7.16. The predicted octanol–water partition coefficient (Wildman–Crippen LogP) is 2.81. The molecule has 0 aliphatic heterocycles. The van der Waals surface area contributed by atoms with Crippen LogP contribution in [0.1, 0.15) is 65.2 Å². The van der Waals surface area contributed by atoms with E-state index in [1.165, 1.54) is 5.57 Å². The highest BCUT2D eigenvalue weighted by atomic mass is 16.3. The molecule has 0 bridgehead atoms. The van der Waals surface area contributed by atoms with E-state index in [0.29, 0.717) is 30.6 Å². The molecule has 4 aliphatic rings. The van der Waals surface area contributed by atoms with Crippen LogP contribution in [-0.2, 0) is 9.59 Å². The Hall–Kier alpha value is -1.00. The van der Waals surface area contributed by atoms with Gasteiger partial charge in [-0.15, -0.1) is 0 Å². The molecule has 0 heterocycles. The fourth-order valence-electron chi connectivity index (χ4n) is 7.16. The summed E-state index contributed by atoms with van der Waals surface area (Å²) in [5.41, 5.74) is -0.333. The van der Waals surface area contributed by atoms with Crippen molar-refractivity contribution in [2.24, 2.45) is 28.6 Å². The zero-order valence-corrected chi connectivity index (χ0v) is 15.4. The molecule has 4 rings (SSSR count). The lowest BCUT2D eigenvalue weighted by Crippen LogP contribution is -2.58. The average molecular weight is 346 g/mol. The van der Waals surface area contributed by atoms with Gasteiger partial charge in [-0.2, -0.15) is 0 Å². The third kappa shape index (κ3) is 2.13. The SMILES string of the molecule is C[C@]12CCC(=O)C=C1CC[C@H]1[C@H]2CC[C@@]2(C)[C@@H]1CC[C@@]2(O)C(=O)CO. The van der Waals surface area contributed by atoms with E-state index in [2.05, 4.69) is 13.8 Å². The Kier molecular flexibility index (Phi) is 3.83. The molecule has 138 valence electrons. The summed E-state index contributed by atoms with van der Waals surface area (Å²) in [4.78, 5) is 24.2. The molecule has 4 aliphatic carbocycles. The number of fused-ring (bicyclic) bond motifs is 5. The first-order valence-corrected chi connectivity index (χ1v) is 9.87. The summed E-state index contributed by atoms with van der Waals surface area (Å²) in [5.74, 6) is 1.26. The molecule has 0 spiro atoms. The zero-order valence-electron chi connectivity index (χ0n) is 15.4. The van der Waals surface area contributed by atoms with Gasteiger partial charge in [-0.3, -0.25) is 9.59 Å². The number of Topliss-reactive ketones (excluding diaryl/α,β-unsaturated/α-hetero) is 1. The van der Waals surface area contributed by atoms with Crippen LogP contribution in [0.2, 0.25) is 0 Å². The van der Waals surface area contributed by atoms with Crippen LogP contribution < -0.4 is 0 Å². The van der Waals surface area contributed by atoms with Crippen LogP contribution in [0.5, 0.6) is 0 Å². The molecule has 0 aromatic heterocycles. The Bertz CT molecular complexity index is 652. The molecule has 2 N–H and O–H groups in total. The lowest BCUT2D eigenvalue weighted by atomic mass is 9.46. The Balaban J connectivity index is 1.68. The minimum Gasteiger partial charge on any atom is -0.388 e. The summed E-state index contributed by atoms with van der Waals surface area (Å²) < 4.78 is 0. The van der Waals surface area contributed by atoms with Crippen molar-refractivity contribution in [2.75, 3.05) is 6.61 Å². The molecular weight excluding hydrogens is 316 g/mol. The van der Waals surface area contributed by atoms with Gasteiger partial charge in [0.05, 0.1) is 0 Å². The first kappa shape index (κ1) is 17.4. The first-order valence-electron chi connectivity index (χ1n) is 9.87. The first-order chi connectivity index (χ1) is 11.8. The number of aliphatic hydroxyl groups excluding tert-OH is 1. The number of hydrogen-bond donors (Lipinski definition) is 2. The Morgan fingerprint density at radius 2 is 1.84 bits per heavy atom. The molecule has 0 radical (unpaired) electrons. The van der Waals surface area contributed by atoms with E-state index in [0.717, 1.165) is 38.5 Å². The number of rotatable bonds is 2. The molecule has 3 fully saturated rings. The molecule has 0 unspecified atom stereocenters. The normalized spacial score (nSPS) is 49.0. The molecule has 4 heteroatoms. The molecule has 0 aromatic rings. The lowest BCUT2D eigenvalue weighted by Gasteiger charge is -2.58. The molecule has 4 nitrogen and oxygen atoms in total. The highest BCUT2D eigenvalue weighted by Gasteiger charge is 2.65. The summed E-state index contributed by atoms with van der Waals surface area (Å²) in [5, 5.41) is 20.5. The topological polar surface area (TPSA) is 74.6 Å². The summed E-state index contributed by atoms with van der Waals surface area (Å²) in [6, 6.07) is 0. The third-order valence-corrected chi connectivity index (χ3v) is 8.72. The quantitative estimate of drug-likeness (QED) is 0.806. The van der Waals surface area contributed by atoms with Crippen molar-refractivity contribution >= 4 is 11.6 Å². The van der Waals surface area contributed by atoms with Crippen molar-refractivity contribution in [1.82, 2.24) is 0 Å². The van der Waals surface area contributed by atoms with Crippen molar-refractivity contribution in [3.05, 3.63) is 11.6 Å². The van der Waals surface area contributed by atoms with Gasteiger partial charge >= 0.3 is 0 Å². The smallest absolute Gasteiger partial charge is 0.190 e. The maximum atomic E-state index is 12.3. The number of allylic oxidation sites excluding steroid dienone is 1. The maximum absolute atomic E-state index is 12.3. The van der Waals surface area contributed by atoms with E-state index in [4.69, 9.17) is 0 Å². The zero-order chi connectivity index (χ0) is 18.0. The van der Waals surface area contributed by atoms with Crippen LogP contribution in [0.4, 0.5) is 0 Å². The van der Waals surface area contributed by atoms with Gasteiger partial charge < -0.3 is 10.2 Å². The van der Waals surface area contributed by atoms with Gasteiger partial charge in [0.1, 0.15) is 12.2 Å². The van der Waals surface area contributed by atoms with Gasteiger partial charge in [0, 0.05) is 11.8 Å². The summed E-state index contributed by atoms with van der Waals surface area (Å²) >= 11 is 0. The van der Waals surface area contributed by atoms with Crippen LogP contribution in [0, 0.1) is 28.6 Å². The highest BCUT2D eigenvalue weighted by Crippen LogP contribution is 2.67. The third-order valence-electron chi connectivity index (χ3n) is 8.72. The monoisotopic (exact) mass is 346 g/mol. The van der Waals surface area contributed by atoms with Crippen molar-refractivity contribution in [3.8, 4) is 0 Å². The lowest BCUT2D eigenvalue weighted by molar-refractivity contribution is -0.164. The second-order valence-electron chi connectivity index (χ2n) is 9.41. The number of ketones is 2. The van der Waals surface area contributed by atoms with E-state index in [1.807, 2.05) is 6.08 Å².